The number of rotatable bonds is 7. The molecule has 3 rings (SSSR count). The van der Waals surface area contributed by atoms with E-state index in [1.54, 1.807) is 0 Å². The maximum atomic E-state index is 10.8. The van der Waals surface area contributed by atoms with Gasteiger partial charge in [0, 0.05) is 17.4 Å². The van der Waals surface area contributed by atoms with Gasteiger partial charge in [0.25, 0.3) is 0 Å². The number of unbranched alkanes of at least 4 members (excludes halogenated alkanes) is 2. The SMILES string of the molecule is [N-]=[N+]=NCCCCCC(O)C1c2ccccc2-c2ccccc21. The summed E-state index contributed by atoms with van der Waals surface area (Å²) in [5.74, 6) is 0.0690. The Morgan fingerprint density at radius 2 is 1.57 bits per heavy atom. The van der Waals surface area contributed by atoms with Crippen LogP contribution >= 0.6 is 0 Å². The van der Waals surface area contributed by atoms with Gasteiger partial charge in [-0.3, -0.25) is 0 Å². The molecule has 0 aromatic heterocycles. The molecule has 0 aliphatic heterocycles. The third-order valence-electron chi connectivity index (χ3n) is 4.59. The largest absolute Gasteiger partial charge is 0.392 e. The first-order valence-corrected chi connectivity index (χ1v) is 8.20. The van der Waals surface area contributed by atoms with Crippen LogP contribution in [-0.2, 0) is 0 Å². The lowest BCUT2D eigenvalue weighted by atomic mass is 9.88. The molecule has 118 valence electrons. The molecule has 0 amide bonds. The fraction of sp³-hybridized carbons (Fsp3) is 0.368. The molecule has 1 aliphatic carbocycles. The van der Waals surface area contributed by atoms with Crippen LogP contribution in [-0.4, -0.2) is 17.8 Å². The molecule has 4 nitrogen and oxygen atoms in total. The highest BCUT2D eigenvalue weighted by atomic mass is 16.3. The average Bonchev–Trinajstić information content (AvgIpc) is 2.92. The molecule has 0 bridgehead atoms. The van der Waals surface area contributed by atoms with Gasteiger partial charge in [-0.1, -0.05) is 66.5 Å². The maximum absolute atomic E-state index is 10.8. The summed E-state index contributed by atoms with van der Waals surface area (Å²) >= 11 is 0. The number of aliphatic hydroxyl groups excluding tert-OH is 1. The molecule has 0 radical (unpaired) electrons. The molecule has 1 aliphatic rings. The Labute approximate surface area is 136 Å². The van der Waals surface area contributed by atoms with Gasteiger partial charge >= 0.3 is 0 Å². The molecular formula is C19H21N3O. The number of hydrogen-bond acceptors (Lipinski definition) is 2. The van der Waals surface area contributed by atoms with Crippen LogP contribution in [0, 0.1) is 0 Å². The molecular weight excluding hydrogens is 286 g/mol. The van der Waals surface area contributed by atoms with Crippen molar-refractivity contribution in [3.63, 3.8) is 0 Å². The Morgan fingerprint density at radius 1 is 0.957 bits per heavy atom. The molecule has 0 fully saturated rings. The molecule has 4 heteroatoms. The van der Waals surface area contributed by atoms with E-state index >= 15 is 0 Å². The van der Waals surface area contributed by atoms with Gasteiger partial charge in [0.1, 0.15) is 0 Å². The zero-order valence-electron chi connectivity index (χ0n) is 13.1. The van der Waals surface area contributed by atoms with E-state index in [-0.39, 0.29) is 12.0 Å². The Bertz CT molecular complexity index is 677. The predicted molar refractivity (Wildman–Crippen MR) is 92.2 cm³/mol. The molecule has 1 N–H and O–H groups in total. The monoisotopic (exact) mass is 307 g/mol. The van der Waals surface area contributed by atoms with E-state index in [9.17, 15) is 5.11 Å². The summed E-state index contributed by atoms with van der Waals surface area (Å²) in [4.78, 5) is 2.76. The first-order chi connectivity index (χ1) is 11.3. The molecule has 1 atom stereocenters. The lowest BCUT2D eigenvalue weighted by Gasteiger charge is -2.20. The van der Waals surface area contributed by atoms with Gasteiger partial charge in [-0.2, -0.15) is 0 Å². The molecule has 23 heavy (non-hydrogen) atoms. The van der Waals surface area contributed by atoms with Crippen LogP contribution in [0.3, 0.4) is 0 Å². The number of hydrogen-bond donors (Lipinski definition) is 1. The molecule has 0 spiro atoms. The zero-order chi connectivity index (χ0) is 16.1. The van der Waals surface area contributed by atoms with Gasteiger partial charge in [-0.15, -0.1) is 0 Å². The molecule has 0 saturated heterocycles. The van der Waals surface area contributed by atoms with E-state index in [1.807, 2.05) is 12.1 Å². The number of nitrogens with zero attached hydrogens (tertiary/aromatic N) is 3. The number of aliphatic hydroxyl groups is 1. The molecule has 1 unspecified atom stereocenters. The Balaban J connectivity index is 1.70. The second-order valence-corrected chi connectivity index (χ2v) is 6.02. The summed E-state index contributed by atoms with van der Waals surface area (Å²) in [5.41, 5.74) is 13.2. The normalized spacial score (nSPS) is 14.0. The summed E-state index contributed by atoms with van der Waals surface area (Å²) in [6.07, 6.45) is 3.20. The third kappa shape index (κ3) is 3.24. The van der Waals surface area contributed by atoms with Crippen LogP contribution in [0.5, 0.6) is 0 Å². The summed E-state index contributed by atoms with van der Waals surface area (Å²) in [6, 6.07) is 16.7. The topological polar surface area (TPSA) is 69.0 Å². The highest BCUT2D eigenvalue weighted by Gasteiger charge is 2.32. The number of azide groups is 1. The first-order valence-electron chi connectivity index (χ1n) is 8.20. The lowest BCUT2D eigenvalue weighted by Crippen LogP contribution is -2.17. The van der Waals surface area contributed by atoms with E-state index < -0.39 is 0 Å². The van der Waals surface area contributed by atoms with Crippen LogP contribution in [0.2, 0.25) is 0 Å². The van der Waals surface area contributed by atoms with Crippen LogP contribution < -0.4 is 0 Å². The smallest absolute Gasteiger partial charge is 0.0649 e. The molecule has 0 heterocycles. The van der Waals surface area contributed by atoms with Gasteiger partial charge in [0.05, 0.1) is 6.10 Å². The Kier molecular flexibility index (Phi) is 4.96. The fourth-order valence-corrected chi connectivity index (χ4v) is 3.53. The van der Waals surface area contributed by atoms with Crippen LogP contribution in [0.4, 0.5) is 0 Å². The van der Waals surface area contributed by atoms with Gasteiger partial charge in [-0.05, 0) is 40.6 Å². The number of benzene rings is 2. The van der Waals surface area contributed by atoms with E-state index in [1.165, 1.54) is 22.3 Å². The summed E-state index contributed by atoms with van der Waals surface area (Å²) in [5, 5.41) is 14.3. The minimum absolute atomic E-state index is 0.0690. The highest BCUT2D eigenvalue weighted by molar-refractivity contribution is 5.79. The van der Waals surface area contributed by atoms with Crippen molar-refractivity contribution in [3.8, 4) is 11.1 Å². The second kappa shape index (κ2) is 7.32. The van der Waals surface area contributed by atoms with Gasteiger partial charge in [-0.25, -0.2) is 0 Å². The van der Waals surface area contributed by atoms with E-state index in [4.69, 9.17) is 5.53 Å². The highest BCUT2D eigenvalue weighted by Crippen LogP contribution is 2.46. The fourth-order valence-electron chi connectivity index (χ4n) is 3.53. The standard InChI is InChI=1S/C19H21N3O/c20-22-21-13-7-1-2-12-18(23)19-16-10-5-3-8-14(16)15-9-4-6-11-17(15)19/h3-6,8-11,18-19,23H,1-2,7,12-13H2. The minimum Gasteiger partial charge on any atom is -0.392 e. The van der Waals surface area contributed by atoms with Crippen molar-refractivity contribution in [1.82, 2.24) is 0 Å². The van der Waals surface area contributed by atoms with E-state index in [2.05, 4.69) is 46.4 Å². The van der Waals surface area contributed by atoms with Crippen molar-refractivity contribution in [3.05, 3.63) is 70.1 Å². The van der Waals surface area contributed by atoms with Crippen molar-refractivity contribution >= 4 is 0 Å². The predicted octanol–water partition coefficient (Wildman–Crippen LogP) is 5.03. The van der Waals surface area contributed by atoms with Crippen molar-refractivity contribution in [2.75, 3.05) is 6.54 Å². The minimum atomic E-state index is -0.376. The van der Waals surface area contributed by atoms with Crippen molar-refractivity contribution in [1.29, 1.82) is 0 Å². The average molecular weight is 307 g/mol. The van der Waals surface area contributed by atoms with Gasteiger partial charge in [0.15, 0.2) is 0 Å². The zero-order valence-corrected chi connectivity index (χ0v) is 13.1. The summed E-state index contributed by atoms with van der Waals surface area (Å²) < 4.78 is 0. The van der Waals surface area contributed by atoms with Crippen LogP contribution in [0.1, 0.15) is 42.7 Å². The van der Waals surface area contributed by atoms with Crippen molar-refractivity contribution in [2.24, 2.45) is 5.11 Å². The molecule has 2 aromatic rings. The van der Waals surface area contributed by atoms with Gasteiger partial charge < -0.3 is 5.11 Å². The van der Waals surface area contributed by atoms with E-state index in [0.717, 1.165) is 25.7 Å². The second-order valence-electron chi connectivity index (χ2n) is 6.02. The summed E-state index contributed by atoms with van der Waals surface area (Å²) in [7, 11) is 0. The first kappa shape index (κ1) is 15.6. The third-order valence-corrected chi connectivity index (χ3v) is 4.59. The van der Waals surface area contributed by atoms with E-state index in [0.29, 0.717) is 6.54 Å². The van der Waals surface area contributed by atoms with Crippen molar-refractivity contribution < 1.29 is 5.11 Å². The quantitative estimate of drug-likeness (QED) is 0.331. The van der Waals surface area contributed by atoms with Crippen molar-refractivity contribution in [2.45, 2.75) is 37.7 Å². The van der Waals surface area contributed by atoms with Crippen LogP contribution in [0.15, 0.2) is 53.6 Å². The lowest BCUT2D eigenvalue weighted by molar-refractivity contribution is 0.144. The van der Waals surface area contributed by atoms with Crippen LogP contribution in [0.25, 0.3) is 21.6 Å². The maximum Gasteiger partial charge on any atom is 0.0649 e. The Hall–Kier alpha value is -2.29. The number of fused-ring (bicyclic) bond motifs is 3. The van der Waals surface area contributed by atoms with Gasteiger partial charge in [0.2, 0.25) is 0 Å². The molecule has 2 aromatic carbocycles. The Morgan fingerprint density at radius 3 is 2.17 bits per heavy atom. The summed E-state index contributed by atoms with van der Waals surface area (Å²) in [6.45, 7) is 0.543. The molecule has 0 saturated carbocycles.